The fourth-order valence-corrected chi connectivity index (χ4v) is 3.76. The molecule has 1 saturated heterocycles. The summed E-state index contributed by atoms with van der Waals surface area (Å²) in [5.74, 6) is 0.725. The molecule has 0 aromatic heterocycles. The molecule has 2 N–H and O–H groups in total. The molecule has 2 aromatic rings. The van der Waals surface area contributed by atoms with Crippen LogP contribution in [0.2, 0.25) is 0 Å². The zero-order valence-electron chi connectivity index (χ0n) is 14.0. The normalized spacial score (nSPS) is 21.8. The molecule has 2 aromatic carbocycles. The van der Waals surface area contributed by atoms with Gasteiger partial charge in [0.25, 0.3) is 0 Å². The zero-order chi connectivity index (χ0) is 16.2. The number of benzene rings is 2. The fraction of sp³-hybridized carbons (Fsp3) is 0.333. The molecule has 1 atom stereocenters. The van der Waals surface area contributed by atoms with Gasteiger partial charge in [-0.2, -0.15) is 0 Å². The summed E-state index contributed by atoms with van der Waals surface area (Å²) in [7, 11) is 0. The van der Waals surface area contributed by atoms with E-state index in [0.717, 1.165) is 12.5 Å². The molecule has 24 heavy (non-hydrogen) atoms. The molecule has 0 spiro atoms. The van der Waals surface area contributed by atoms with Gasteiger partial charge in [0.2, 0.25) is 0 Å². The molecular formula is C21H25N3. The lowest BCUT2D eigenvalue weighted by Gasteiger charge is -2.32. The maximum Gasteiger partial charge on any atom is 0.122 e. The lowest BCUT2D eigenvalue weighted by molar-refractivity contribution is 0.225. The summed E-state index contributed by atoms with van der Waals surface area (Å²) in [6.07, 6.45) is 4.86. The van der Waals surface area contributed by atoms with Gasteiger partial charge in [-0.25, -0.2) is 0 Å². The first-order valence-electron chi connectivity index (χ1n) is 8.92. The Labute approximate surface area is 144 Å². The van der Waals surface area contributed by atoms with Crippen LogP contribution in [0.4, 0.5) is 0 Å². The van der Waals surface area contributed by atoms with Gasteiger partial charge in [-0.15, -0.1) is 0 Å². The predicted molar refractivity (Wildman–Crippen MR) is 98.4 cm³/mol. The van der Waals surface area contributed by atoms with Crippen LogP contribution in [0.5, 0.6) is 0 Å². The first-order chi connectivity index (χ1) is 11.9. The molecule has 2 aliphatic rings. The van der Waals surface area contributed by atoms with Crippen LogP contribution >= 0.6 is 0 Å². The van der Waals surface area contributed by atoms with Gasteiger partial charge in [0.05, 0.1) is 0 Å². The molecule has 0 aliphatic carbocycles. The highest BCUT2D eigenvalue weighted by Crippen LogP contribution is 2.28. The summed E-state index contributed by atoms with van der Waals surface area (Å²) in [4.78, 5) is 2.56. The van der Waals surface area contributed by atoms with Crippen LogP contribution in [0.3, 0.4) is 0 Å². The van der Waals surface area contributed by atoms with Crippen molar-refractivity contribution in [2.75, 3.05) is 19.6 Å². The van der Waals surface area contributed by atoms with Crippen molar-refractivity contribution in [1.29, 1.82) is 0 Å². The Morgan fingerprint density at radius 3 is 2.12 bits per heavy atom. The number of hydrogen-bond donors (Lipinski definition) is 2. The van der Waals surface area contributed by atoms with E-state index in [4.69, 9.17) is 0 Å². The van der Waals surface area contributed by atoms with E-state index >= 15 is 0 Å². The number of nitrogens with zero attached hydrogens (tertiary/aromatic N) is 1. The molecule has 0 radical (unpaired) electrons. The molecule has 0 amide bonds. The van der Waals surface area contributed by atoms with E-state index in [1.54, 1.807) is 0 Å². The largest absolute Gasteiger partial charge is 0.366 e. The van der Waals surface area contributed by atoms with E-state index in [2.05, 4.69) is 82.4 Å². The minimum absolute atomic E-state index is 0.211. The van der Waals surface area contributed by atoms with E-state index in [0.29, 0.717) is 0 Å². The number of nitrogens with one attached hydrogen (secondary N) is 2. The Morgan fingerprint density at radius 2 is 1.46 bits per heavy atom. The van der Waals surface area contributed by atoms with E-state index in [-0.39, 0.29) is 6.17 Å². The minimum Gasteiger partial charge on any atom is -0.366 e. The first-order valence-corrected chi connectivity index (χ1v) is 8.92. The molecule has 124 valence electrons. The van der Waals surface area contributed by atoms with Gasteiger partial charge < -0.3 is 10.6 Å². The summed E-state index contributed by atoms with van der Waals surface area (Å²) in [5, 5.41) is 7.05. The predicted octanol–water partition coefficient (Wildman–Crippen LogP) is 3.60. The van der Waals surface area contributed by atoms with Crippen LogP contribution < -0.4 is 10.6 Å². The van der Waals surface area contributed by atoms with Gasteiger partial charge in [0.15, 0.2) is 0 Å². The van der Waals surface area contributed by atoms with E-state index in [1.807, 2.05) is 0 Å². The summed E-state index contributed by atoms with van der Waals surface area (Å²) in [6.45, 7) is 3.36. The molecule has 0 bridgehead atoms. The van der Waals surface area contributed by atoms with Crippen molar-refractivity contribution < 1.29 is 0 Å². The van der Waals surface area contributed by atoms with E-state index < -0.39 is 0 Å². The van der Waals surface area contributed by atoms with Crippen molar-refractivity contribution in [2.45, 2.75) is 24.9 Å². The van der Waals surface area contributed by atoms with Crippen molar-refractivity contribution in [3.05, 3.63) is 83.7 Å². The van der Waals surface area contributed by atoms with Crippen molar-refractivity contribution >= 4 is 0 Å². The molecule has 3 nitrogen and oxygen atoms in total. The van der Waals surface area contributed by atoms with E-state index in [1.165, 1.54) is 42.8 Å². The summed E-state index contributed by atoms with van der Waals surface area (Å²) >= 11 is 0. The molecular weight excluding hydrogens is 294 g/mol. The van der Waals surface area contributed by atoms with Crippen molar-refractivity contribution in [3.63, 3.8) is 0 Å². The third-order valence-corrected chi connectivity index (χ3v) is 5.14. The van der Waals surface area contributed by atoms with Gasteiger partial charge in [-0.05, 0) is 43.0 Å². The highest BCUT2D eigenvalue weighted by Gasteiger charge is 2.23. The van der Waals surface area contributed by atoms with Crippen LogP contribution in [0.1, 0.15) is 36.1 Å². The van der Waals surface area contributed by atoms with Crippen LogP contribution in [0.25, 0.3) is 0 Å². The summed E-state index contributed by atoms with van der Waals surface area (Å²) in [5.41, 5.74) is 4.08. The second-order valence-corrected chi connectivity index (χ2v) is 6.79. The minimum atomic E-state index is 0.211. The molecule has 1 unspecified atom stereocenters. The number of hydrogen-bond acceptors (Lipinski definition) is 3. The Balaban J connectivity index is 1.27. The highest BCUT2D eigenvalue weighted by molar-refractivity contribution is 5.24. The van der Waals surface area contributed by atoms with Gasteiger partial charge in [-0.3, -0.25) is 4.90 Å². The SMILES string of the molecule is C1=C(CN2CCC(c3ccccc3)CC2)NC(c2ccccc2)N1. The molecule has 3 heteroatoms. The Kier molecular flexibility index (Phi) is 4.52. The zero-order valence-corrected chi connectivity index (χ0v) is 14.0. The van der Waals surface area contributed by atoms with Crippen LogP contribution in [-0.2, 0) is 0 Å². The summed E-state index contributed by atoms with van der Waals surface area (Å²) in [6, 6.07) is 21.5. The summed E-state index contributed by atoms with van der Waals surface area (Å²) < 4.78 is 0. The third kappa shape index (κ3) is 3.46. The lowest BCUT2D eigenvalue weighted by atomic mass is 9.89. The number of piperidine rings is 1. The molecule has 1 fully saturated rings. The van der Waals surface area contributed by atoms with Crippen LogP contribution in [0.15, 0.2) is 72.6 Å². The number of rotatable bonds is 4. The van der Waals surface area contributed by atoms with Crippen molar-refractivity contribution in [2.24, 2.45) is 0 Å². The fourth-order valence-electron chi connectivity index (χ4n) is 3.76. The highest BCUT2D eigenvalue weighted by atomic mass is 15.2. The molecule has 4 rings (SSSR count). The van der Waals surface area contributed by atoms with Gasteiger partial charge >= 0.3 is 0 Å². The average molecular weight is 319 g/mol. The standard InChI is InChI=1S/C21H25N3/c1-3-7-17(8-4-1)18-11-13-24(14-12-18)16-20-15-22-21(23-20)19-9-5-2-6-10-19/h1-10,15,18,21-23H,11-14,16H2. The second-order valence-electron chi connectivity index (χ2n) is 6.79. The lowest BCUT2D eigenvalue weighted by Crippen LogP contribution is -2.36. The van der Waals surface area contributed by atoms with Gasteiger partial charge in [0, 0.05) is 18.4 Å². The molecule has 2 aliphatic heterocycles. The van der Waals surface area contributed by atoms with E-state index in [9.17, 15) is 0 Å². The van der Waals surface area contributed by atoms with Crippen LogP contribution in [-0.4, -0.2) is 24.5 Å². The first kappa shape index (κ1) is 15.3. The topological polar surface area (TPSA) is 27.3 Å². The quantitative estimate of drug-likeness (QED) is 0.902. The Bertz CT molecular complexity index is 673. The second kappa shape index (κ2) is 7.10. The molecule has 0 saturated carbocycles. The average Bonchev–Trinajstić information content (AvgIpc) is 3.12. The van der Waals surface area contributed by atoms with Crippen LogP contribution in [0, 0.1) is 0 Å². The van der Waals surface area contributed by atoms with Gasteiger partial charge in [0.1, 0.15) is 6.17 Å². The smallest absolute Gasteiger partial charge is 0.122 e. The molecule has 2 heterocycles. The Hall–Kier alpha value is -2.26. The van der Waals surface area contributed by atoms with Crippen molar-refractivity contribution in [3.8, 4) is 0 Å². The third-order valence-electron chi connectivity index (χ3n) is 5.14. The van der Waals surface area contributed by atoms with Gasteiger partial charge in [-0.1, -0.05) is 60.7 Å². The monoisotopic (exact) mass is 319 g/mol. The maximum atomic E-state index is 3.61. The maximum absolute atomic E-state index is 3.61. The number of likely N-dealkylation sites (tertiary alicyclic amines) is 1. The van der Waals surface area contributed by atoms with Crippen molar-refractivity contribution in [1.82, 2.24) is 15.5 Å². The Morgan fingerprint density at radius 1 is 0.833 bits per heavy atom.